The Bertz CT molecular complexity index is 444. The van der Waals surface area contributed by atoms with Gasteiger partial charge in [0.25, 0.3) is 0 Å². The molecular formula is C10H15N3O4S. The van der Waals surface area contributed by atoms with Gasteiger partial charge in [0, 0.05) is 5.38 Å². The number of nitrogens with one attached hydrogen (secondary N) is 1. The first-order valence-electron chi connectivity index (χ1n) is 5.19. The highest BCUT2D eigenvalue weighted by atomic mass is 32.1. The average Bonchev–Trinajstić information content (AvgIpc) is 2.73. The van der Waals surface area contributed by atoms with Crippen LogP contribution in [-0.4, -0.2) is 35.3 Å². The van der Waals surface area contributed by atoms with E-state index in [1.807, 2.05) is 0 Å². The number of carbonyl (C=O) groups excluding carboxylic acids is 1. The predicted octanol–water partition coefficient (Wildman–Crippen LogP) is 1.01. The van der Waals surface area contributed by atoms with Crippen LogP contribution in [0.3, 0.4) is 0 Å². The SMILES string of the molecule is CC(C)(C(=O)O)c1csc(NCCOC(N)=O)n1. The summed E-state index contributed by atoms with van der Waals surface area (Å²) in [5, 5.41) is 14.2. The maximum atomic E-state index is 11.0. The van der Waals surface area contributed by atoms with Crippen molar-refractivity contribution in [3.8, 4) is 0 Å². The van der Waals surface area contributed by atoms with Gasteiger partial charge in [-0.25, -0.2) is 9.78 Å². The molecule has 0 bridgehead atoms. The van der Waals surface area contributed by atoms with E-state index in [-0.39, 0.29) is 6.61 Å². The molecule has 0 atom stereocenters. The topological polar surface area (TPSA) is 115 Å². The van der Waals surface area contributed by atoms with Crippen molar-refractivity contribution in [3.05, 3.63) is 11.1 Å². The van der Waals surface area contributed by atoms with Crippen LogP contribution in [0.25, 0.3) is 0 Å². The van der Waals surface area contributed by atoms with Crippen LogP contribution in [0, 0.1) is 0 Å². The van der Waals surface area contributed by atoms with Crippen LogP contribution in [0.2, 0.25) is 0 Å². The molecule has 0 spiro atoms. The number of aliphatic carboxylic acids is 1. The van der Waals surface area contributed by atoms with Crippen molar-refractivity contribution in [2.45, 2.75) is 19.3 Å². The van der Waals surface area contributed by atoms with E-state index < -0.39 is 17.5 Å². The van der Waals surface area contributed by atoms with Crippen LogP contribution < -0.4 is 11.1 Å². The largest absolute Gasteiger partial charge is 0.481 e. The van der Waals surface area contributed by atoms with Gasteiger partial charge in [0.05, 0.1) is 12.2 Å². The molecule has 1 heterocycles. The zero-order valence-corrected chi connectivity index (χ0v) is 10.9. The lowest BCUT2D eigenvalue weighted by Gasteiger charge is -2.15. The van der Waals surface area contributed by atoms with E-state index in [1.54, 1.807) is 19.2 Å². The van der Waals surface area contributed by atoms with E-state index in [2.05, 4.69) is 15.0 Å². The van der Waals surface area contributed by atoms with Gasteiger partial charge in [-0.15, -0.1) is 11.3 Å². The molecule has 0 radical (unpaired) electrons. The number of carbonyl (C=O) groups is 2. The minimum absolute atomic E-state index is 0.132. The Morgan fingerprint density at radius 3 is 2.83 bits per heavy atom. The van der Waals surface area contributed by atoms with E-state index >= 15 is 0 Å². The van der Waals surface area contributed by atoms with Crippen LogP contribution in [0.1, 0.15) is 19.5 Å². The summed E-state index contributed by atoms with van der Waals surface area (Å²) in [6, 6.07) is 0. The molecule has 100 valence electrons. The third kappa shape index (κ3) is 3.59. The second-order valence-corrected chi connectivity index (χ2v) is 4.92. The van der Waals surface area contributed by atoms with Crippen LogP contribution in [0.4, 0.5) is 9.93 Å². The Hall–Kier alpha value is -1.83. The fourth-order valence-corrected chi connectivity index (χ4v) is 1.97. The van der Waals surface area contributed by atoms with Gasteiger partial charge in [-0.1, -0.05) is 0 Å². The third-order valence-electron chi connectivity index (χ3n) is 2.30. The minimum Gasteiger partial charge on any atom is -0.481 e. The van der Waals surface area contributed by atoms with Crippen LogP contribution in [0.5, 0.6) is 0 Å². The Labute approximate surface area is 108 Å². The maximum Gasteiger partial charge on any atom is 0.404 e. The van der Waals surface area contributed by atoms with Gasteiger partial charge in [0.2, 0.25) is 0 Å². The summed E-state index contributed by atoms with van der Waals surface area (Å²) in [6.45, 7) is 3.67. The van der Waals surface area contributed by atoms with Gasteiger partial charge in [0.15, 0.2) is 5.13 Å². The van der Waals surface area contributed by atoms with E-state index in [4.69, 9.17) is 10.8 Å². The lowest BCUT2D eigenvalue weighted by molar-refractivity contribution is -0.142. The normalized spacial score (nSPS) is 11.0. The maximum absolute atomic E-state index is 11.0. The first kappa shape index (κ1) is 14.2. The van der Waals surface area contributed by atoms with Crippen LogP contribution >= 0.6 is 11.3 Å². The number of amides is 1. The van der Waals surface area contributed by atoms with Crippen molar-refractivity contribution < 1.29 is 19.4 Å². The Morgan fingerprint density at radius 2 is 2.28 bits per heavy atom. The Balaban J connectivity index is 2.54. The molecule has 0 aliphatic rings. The molecule has 0 saturated carbocycles. The summed E-state index contributed by atoms with van der Waals surface area (Å²) in [4.78, 5) is 25.5. The highest BCUT2D eigenvalue weighted by Gasteiger charge is 2.32. The number of rotatable bonds is 6. The third-order valence-corrected chi connectivity index (χ3v) is 3.10. The number of anilines is 1. The van der Waals surface area contributed by atoms with Crippen molar-refractivity contribution in [2.75, 3.05) is 18.5 Å². The number of aromatic nitrogens is 1. The number of nitrogens with zero attached hydrogens (tertiary/aromatic N) is 1. The van der Waals surface area contributed by atoms with E-state index in [9.17, 15) is 9.59 Å². The molecule has 1 aromatic heterocycles. The van der Waals surface area contributed by atoms with Crippen molar-refractivity contribution in [1.82, 2.24) is 4.98 Å². The standard InChI is InChI=1S/C10H15N3O4S/c1-10(2,7(14)15)6-5-18-9(13-6)12-3-4-17-8(11)16/h5H,3-4H2,1-2H3,(H2,11,16)(H,12,13)(H,14,15). The van der Waals surface area contributed by atoms with Crippen molar-refractivity contribution in [3.63, 3.8) is 0 Å². The number of nitrogens with two attached hydrogens (primary N) is 1. The molecule has 0 saturated heterocycles. The summed E-state index contributed by atoms with van der Waals surface area (Å²) >= 11 is 1.30. The second kappa shape index (κ2) is 5.67. The highest BCUT2D eigenvalue weighted by Crippen LogP contribution is 2.27. The zero-order valence-electron chi connectivity index (χ0n) is 10.1. The summed E-state index contributed by atoms with van der Waals surface area (Å²) in [5.74, 6) is -0.934. The summed E-state index contributed by atoms with van der Waals surface area (Å²) < 4.78 is 4.53. The predicted molar refractivity (Wildman–Crippen MR) is 66.8 cm³/mol. The summed E-state index contributed by atoms with van der Waals surface area (Å²) in [5.41, 5.74) is 4.26. The number of thiazole rings is 1. The van der Waals surface area contributed by atoms with Crippen LogP contribution in [-0.2, 0) is 14.9 Å². The molecule has 0 unspecified atom stereocenters. The molecule has 18 heavy (non-hydrogen) atoms. The lowest BCUT2D eigenvalue weighted by Crippen LogP contribution is -2.28. The molecule has 7 nitrogen and oxygen atoms in total. The fourth-order valence-electron chi connectivity index (χ4n) is 1.06. The minimum atomic E-state index is -1.03. The van der Waals surface area contributed by atoms with Crippen molar-refractivity contribution in [2.24, 2.45) is 5.73 Å². The van der Waals surface area contributed by atoms with E-state index in [0.717, 1.165) is 0 Å². The van der Waals surface area contributed by atoms with Gasteiger partial charge in [0.1, 0.15) is 12.0 Å². The highest BCUT2D eigenvalue weighted by molar-refractivity contribution is 7.13. The molecule has 1 aromatic rings. The average molecular weight is 273 g/mol. The number of primary amides is 1. The number of carboxylic acid groups (broad SMARTS) is 1. The van der Waals surface area contributed by atoms with Crippen molar-refractivity contribution >= 4 is 28.5 Å². The number of hydrogen-bond acceptors (Lipinski definition) is 6. The number of ether oxygens (including phenoxy) is 1. The van der Waals surface area contributed by atoms with Gasteiger partial charge in [-0.2, -0.15) is 0 Å². The molecule has 1 rings (SSSR count). The number of carboxylic acids is 1. The van der Waals surface area contributed by atoms with Gasteiger partial charge in [-0.05, 0) is 13.8 Å². The molecule has 0 aliphatic carbocycles. The zero-order chi connectivity index (χ0) is 13.8. The van der Waals surface area contributed by atoms with Gasteiger partial charge >= 0.3 is 12.1 Å². The summed E-state index contributed by atoms with van der Waals surface area (Å²) in [6.07, 6.45) is -0.830. The fraction of sp³-hybridized carbons (Fsp3) is 0.500. The monoisotopic (exact) mass is 273 g/mol. The quantitative estimate of drug-likeness (QED) is 0.666. The Morgan fingerprint density at radius 1 is 1.61 bits per heavy atom. The van der Waals surface area contributed by atoms with Gasteiger partial charge < -0.3 is 20.9 Å². The lowest BCUT2D eigenvalue weighted by atomic mass is 9.90. The Kier molecular flexibility index (Phi) is 4.49. The first-order valence-corrected chi connectivity index (χ1v) is 6.07. The summed E-state index contributed by atoms with van der Waals surface area (Å²) in [7, 11) is 0. The molecule has 1 amide bonds. The number of hydrogen-bond donors (Lipinski definition) is 3. The second-order valence-electron chi connectivity index (χ2n) is 4.06. The molecule has 0 aromatic carbocycles. The molecule has 0 aliphatic heterocycles. The van der Waals surface area contributed by atoms with E-state index in [0.29, 0.717) is 17.4 Å². The van der Waals surface area contributed by atoms with Crippen LogP contribution in [0.15, 0.2) is 5.38 Å². The van der Waals surface area contributed by atoms with E-state index in [1.165, 1.54) is 11.3 Å². The molecule has 8 heteroatoms. The smallest absolute Gasteiger partial charge is 0.404 e. The van der Waals surface area contributed by atoms with Gasteiger partial charge in [-0.3, -0.25) is 4.79 Å². The first-order chi connectivity index (χ1) is 8.34. The molecule has 4 N–H and O–H groups in total. The van der Waals surface area contributed by atoms with Crippen molar-refractivity contribution in [1.29, 1.82) is 0 Å². The molecule has 0 fully saturated rings. The molecular weight excluding hydrogens is 258 g/mol.